The maximum atomic E-state index is 4.61. The van der Waals surface area contributed by atoms with Crippen LogP contribution >= 0.6 is 24.0 Å². The number of guanidine groups is 1. The minimum atomic E-state index is 0. The van der Waals surface area contributed by atoms with Crippen LogP contribution in [-0.4, -0.2) is 37.0 Å². The average Bonchev–Trinajstić information content (AvgIpc) is 2.56. The summed E-state index contributed by atoms with van der Waals surface area (Å²) in [4.78, 5) is 7.18. The van der Waals surface area contributed by atoms with Crippen LogP contribution in [0.4, 0.5) is 0 Å². The third-order valence-corrected chi connectivity index (χ3v) is 4.41. The van der Waals surface area contributed by atoms with Gasteiger partial charge in [0, 0.05) is 19.6 Å². The topological polar surface area (TPSA) is 39.7 Å². The van der Waals surface area contributed by atoms with Crippen LogP contribution in [0.5, 0.6) is 0 Å². The highest BCUT2D eigenvalue weighted by Crippen LogP contribution is 2.18. The van der Waals surface area contributed by atoms with E-state index in [1.54, 1.807) is 0 Å². The lowest BCUT2D eigenvalue weighted by Gasteiger charge is -2.30. The number of aliphatic imine (C=N–C) groups is 1. The number of nitrogens with one attached hydrogen (secondary N) is 2. The first kappa shape index (κ1) is 21.2. The Hall–Kier alpha value is -0.820. The molecule has 1 saturated heterocycles. The van der Waals surface area contributed by atoms with Crippen LogP contribution in [0.1, 0.15) is 44.7 Å². The van der Waals surface area contributed by atoms with Gasteiger partial charge in [-0.3, -0.25) is 4.90 Å². The molecule has 0 aromatic heterocycles. The first-order valence-corrected chi connectivity index (χ1v) is 9.03. The predicted octanol–water partition coefficient (Wildman–Crippen LogP) is 3.61. The second-order valence-electron chi connectivity index (χ2n) is 6.50. The first-order chi connectivity index (χ1) is 11.2. The molecule has 0 radical (unpaired) electrons. The summed E-state index contributed by atoms with van der Waals surface area (Å²) in [6.07, 6.45) is 2.68. The van der Waals surface area contributed by atoms with Crippen LogP contribution in [0, 0.1) is 5.92 Å². The standard InChI is InChI=1S/C19H32N4.HI/c1-4-20-19(21-5-2)22-14-17-6-8-18(9-7-17)15-23-12-10-16(3)11-13-23;/h6-9,16H,4-5,10-15H2,1-3H3,(H2,20,21,22);1H. The first-order valence-electron chi connectivity index (χ1n) is 9.03. The summed E-state index contributed by atoms with van der Waals surface area (Å²) in [7, 11) is 0. The van der Waals surface area contributed by atoms with E-state index in [4.69, 9.17) is 0 Å². The molecule has 0 atom stereocenters. The minimum Gasteiger partial charge on any atom is -0.357 e. The zero-order valence-electron chi connectivity index (χ0n) is 15.3. The van der Waals surface area contributed by atoms with Crippen molar-refractivity contribution in [2.75, 3.05) is 26.2 Å². The Kier molecular flexibility index (Phi) is 10.3. The van der Waals surface area contributed by atoms with Crippen LogP contribution < -0.4 is 10.6 Å². The highest BCUT2D eigenvalue weighted by atomic mass is 127. The van der Waals surface area contributed by atoms with Crippen molar-refractivity contribution in [3.63, 3.8) is 0 Å². The lowest BCUT2D eigenvalue weighted by Crippen LogP contribution is -2.36. The summed E-state index contributed by atoms with van der Waals surface area (Å²) < 4.78 is 0. The van der Waals surface area contributed by atoms with Gasteiger partial charge in [0.05, 0.1) is 6.54 Å². The van der Waals surface area contributed by atoms with Gasteiger partial charge in [0.15, 0.2) is 5.96 Å². The van der Waals surface area contributed by atoms with E-state index in [1.165, 1.54) is 37.1 Å². The zero-order valence-corrected chi connectivity index (χ0v) is 17.7. The lowest BCUT2D eigenvalue weighted by atomic mass is 9.99. The molecule has 1 aromatic rings. The van der Waals surface area contributed by atoms with Crippen LogP contribution in [-0.2, 0) is 13.1 Å². The molecule has 0 aliphatic carbocycles. The van der Waals surface area contributed by atoms with Gasteiger partial charge in [-0.15, -0.1) is 24.0 Å². The molecule has 136 valence electrons. The molecule has 1 fully saturated rings. The van der Waals surface area contributed by atoms with E-state index >= 15 is 0 Å². The normalized spacial score (nSPS) is 15.5. The van der Waals surface area contributed by atoms with Gasteiger partial charge >= 0.3 is 0 Å². The molecule has 1 aromatic carbocycles. The van der Waals surface area contributed by atoms with Crippen LogP contribution in [0.25, 0.3) is 0 Å². The second kappa shape index (κ2) is 11.7. The fourth-order valence-electron chi connectivity index (χ4n) is 2.91. The van der Waals surface area contributed by atoms with Crippen molar-refractivity contribution >= 4 is 29.9 Å². The van der Waals surface area contributed by atoms with Gasteiger partial charge in [0.25, 0.3) is 0 Å². The summed E-state index contributed by atoms with van der Waals surface area (Å²) in [5.74, 6) is 1.79. The van der Waals surface area contributed by atoms with Crippen LogP contribution in [0.2, 0.25) is 0 Å². The Morgan fingerprint density at radius 2 is 1.58 bits per heavy atom. The van der Waals surface area contributed by atoms with Gasteiger partial charge < -0.3 is 10.6 Å². The number of rotatable bonds is 6. The molecule has 0 bridgehead atoms. The van der Waals surface area contributed by atoms with Gasteiger partial charge in [-0.2, -0.15) is 0 Å². The van der Waals surface area contributed by atoms with Gasteiger partial charge in [0.2, 0.25) is 0 Å². The van der Waals surface area contributed by atoms with Gasteiger partial charge in [-0.25, -0.2) is 4.99 Å². The molecule has 4 nitrogen and oxygen atoms in total. The quantitative estimate of drug-likeness (QED) is 0.400. The summed E-state index contributed by atoms with van der Waals surface area (Å²) in [5.41, 5.74) is 2.67. The van der Waals surface area contributed by atoms with E-state index < -0.39 is 0 Å². The number of benzene rings is 1. The van der Waals surface area contributed by atoms with E-state index in [2.05, 4.69) is 65.6 Å². The van der Waals surface area contributed by atoms with E-state index in [9.17, 15) is 0 Å². The maximum Gasteiger partial charge on any atom is 0.191 e. The summed E-state index contributed by atoms with van der Waals surface area (Å²) in [6, 6.07) is 8.92. The molecule has 1 aliphatic rings. The second-order valence-corrected chi connectivity index (χ2v) is 6.50. The fourth-order valence-corrected chi connectivity index (χ4v) is 2.91. The van der Waals surface area contributed by atoms with Crippen molar-refractivity contribution in [2.45, 2.75) is 46.7 Å². The third kappa shape index (κ3) is 7.38. The number of nitrogens with zero attached hydrogens (tertiary/aromatic N) is 2. The Bertz CT molecular complexity index is 471. The van der Waals surface area contributed by atoms with E-state index in [-0.39, 0.29) is 24.0 Å². The third-order valence-electron chi connectivity index (χ3n) is 4.41. The number of piperidine rings is 1. The van der Waals surface area contributed by atoms with E-state index in [0.717, 1.165) is 38.1 Å². The molecular formula is C19H33IN4. The van der Waals surface area contributed by atoms with E-state index in [1.807, 2.05) is 0 Å². The number of halogens is 1. The van der Waals surface area contributed by atoms with Crippen molar-refractivity contribution in [1.29, 1.82) is 0 Å². The molecule has 24 heavy (non-hydrogen) atoms. The van der Waals surface area contributed by atoms with Crippen molar-refractivity contribution in [2.24, 2.45) is 10.9 Å². The largest absolute Gasteiger partial charge is 0.357 e. The number of hydrogen-bond acceptors (Lipinski definition) is 2. The Morgan fingerprint density at radius 1 is 1.04 bits per heavy atom. The lowest BCUT2D eigenvalue weighted by molar-refractivity contribution is 0.185. The molecule has 0 amide bonds. The molecule has 0 spiro atoms. The molecule has 2 N–H and O–H groups in total. The Balaban J connectivity index is 0.00000288. The molecule has 2 rings (SSSR count). The Morgan fingerprint density at radius 3 is 2.12 bits per heavy atom. The van der Waals surface area contributed by atoms with Crippen LogP contribution in [0.15, 0.2) is 29.3 Å². The van der Waals surface area contributed by atoms with Gasteiger partial charge in [0.1, 0.15) is 0 Å². The monoisotopic (exact) mass is 444 g/mol. The molecule has 0 saturated carbocycles. The van der Waals surface area contributed by atoms with Gasteiger partial charge in [-0.1, -0.05) is 31.2 Å². The van der Waals surface area contributed by atoms with Crippen molar-refractivity contribution in [1.82, 2.24) is 15.5 Å². The van der Waals surface area contributed by atoms with E-state index in [0.29, 0.717) is 0 Å². The van der Waals surface area contributed by atoms with Crippen LogP contribution in [0.3, 0.4) is 0 Å². The average molecular weight is 444 g/mol. The molecule has 1 aliphatic heterocycles. The maximum absolute atomic E-state index is 4.61. The number of hydrogen-bond donors (Lipinski definition) is 2. The van der Waals surface area contributed by atoms with Crippen molar-refractivity contribution in [3.05, 3.63) is 35.4 Å². The van der Waals surface area contributed by atoms with Crippen molar-refractivity contribution in [3.8, 4) is 0 Å². The highest BCUT2D eigenvalue weighted by Gasteiger charge is 2.15. The molecule has 0 unspecified atom stereocenters. The SMILES string of the molecule is CCNC(=NCc1ccc(CN2CCC(C)CC2)cc1)NCC.I. The molecule has 1 heterocycles. The Labute approximate surface area is 164 Å². The molecule has 5 heteroatoms. The summed E-state index contributed by atoms with van der Waals surface area (Å²) >= 11 is 0. The minimum absolute atomic E-state index is 0. The van der Waals surface area contributed by atoms with Gasteiger partial charge in [-0.05, 0) is 56.8 Å². The highest BCUT2D eigenvalue weighted by molar-refractivity contribution is 14.0. The van der Waals surface area contributed by atoms with Crippen molar-refractivity contribution < 1.29 is 0 Å². The number of likely N-dealkylation sites (tertiary alicyclic amines) is 1. The zero-order chi connectivity index (χ0) is 16.5. The summed E-state index contributed by atoms with van der Waals surface area (Å²) in [6.45, 7) is 12.6. The fraction of sp³-hybridized carbons (Fsp3) is 0.632. The smallest absolute Gasteiger partial charge is 0.191 e. The predicted molar refractivity (Wildman–Crippen MR) is 114 cm³/mol. The molecular weight excluding hydrogens is 411 g/mol. The summed E-state index contributed by atoms with van der Waals surface area (Å²) in [5, 5.41) is 6.51.